The lowest BCUT2D eigenvalue weighted by atomic mass is 10.2. The van der Waals surface area contributed by atoms with Gasteiger partial charge in [-0.2, -0.15) is 0 Å². The molecule has 0 aliphatic heterocycles. The molecule has 0 amide bonds. The second kappa shape index (κ2) is 6.40. The van der Waals surface area contributed by atoms with Crippen molar-refractivity contribution in [2.45, 2.75) is 40.2 Å². The Hall–Kier alpha value is -1.06. The van der Waals surface area contributed by atoms with Gasteiger partial charge in [-0.3, -0.25) is 9.59 Å². The van der Waals surface area contributed by atoms with Gasteiger partial charge >= 0.3 is 11.9 Å². The van der Waals surface area contributed by atoms with Gasteiger partial charge in [0.1, 0.15) is 6.42 Å². The largest absolute Gasteiger partial charge is 0.465 e. The molecular formula is C10H18O4. The fraction of sp³-hybridized carbons (Fsp3) is 0.800. The molecule has 0 unspecified atom stereocenters. The van der Waals surface area contributed by atoms with Crippen molar-refractivity contribution in [3.05, 3.63) is 0 Å². The standard InChI is InChI=1S/C10H18O4/c1-7(2)6-13-9(11)5-10(12)14-8(3)4/h7-8H,5-6H2,1-4H3. The van der Waals surface area contributed by atoms with Gasteiger partial charge in [0, 0.05) is 0 Å². The van der Waals surface area contributed by atoms with Gasteiger partial charge in [-0.25, -0.2) is 0 Å². The van der Waals surface area contributed by atoms with E-state index in [9.17, 15) is 9.59 Å². The molecule has 0 spiro atoms. The van der Waals surface area contributed by atoms with Gasteiger partial charge in [0.25, 0.3) is 0 Å². The predicted octanol–water partition coefficient (Wildman–Crippen LogP) is 1.53. The molecule has 0 bridgehead atoms. The van der Waals surface area contributed by atoms with E-state index in [1.165, 1.54) is 0 Å². The third kappa shape index (κ3) is 7.58. The van der Waals surface area contributed by atoms with Gasteiger partial charge in [-0.05, 0) is 19.8 Å². The van der Waals surface area contributed by atoms with Crippen LogP contribution in [0.25, 0.3) is 0 Å². The Kier molecular flexibility index (Phi) is 5.92. The summed E-state index contributed by atoms with van der Waals surface area (Å²) in [6.45, 7) is 7.67. The monoisotopic (exact) mass is 202 g/mol. The van der Waals surface area contributed by atoms with Crippen LogP contribution in [0.5, 0.6) is 0 Å². The molecule has 0 N–H and O–H groups in total. The zero-order chi connectivity index (χ0) is 11.1. The quantitative estimate of drug-likeness (QED) is 0.501. The van der Waals surface area contributed by atoms with Crippen molar-refractivity contribution in [2.24, 2.45) is 5.92 Å². The Morgan fingerprint density at radius 1 is 1.07 bits per heavy atom. The number of esters is 2. The topological polar surface area (TPSA) is 52.6 Å². The zero-order valence-electron chi connectivity index (χ0n) is 9.20. The van der Waals surface area contributed by atoms with Crippen LogP contribution in [-0.2, 0) is 19.1 Å². The van der Waals surface area contributed by atoms with Crippen molar-refractivity contribution in [2.75, 3.05) is 6.61 Å². The molecule has 0 saturated heterocycles. The first-order valence-electron chi connectivity index (χ1n) is 4.77. The van der Waals surface area contributed by atoms with Crippen LogP contribution in [0.15, 0.2) is 0 Å². The highest BCUT2D eigenvalue weighted by atomic mass is 16.6. The van der Waals surface area contributed by atoms with E-state index in [-0.39, 0.29) is 18.4 Å². The van der Waals surface area contributed by atoms with Crippen molar-refractivity contribution in [1.82, 2.24) is 0 Å². The summed E-state index contributed by atoms with van der Waals surface area (Å²) in [7, 11) is 0. The van der Waals surface area contributed by atoms with Crippen LogP contribution in [0.3, 0.4) is 0 Å². The van der Waals surface area contributed by atoms with E-state index in [1.807, 2.05) is 13.8 Å². The number of carbonyl (C=O) groups is 2. The number of hydrogen-bond donors (Lipinski definition) is 0. The molecule has 0 aliphatic carbocycles. The maximum absolute atomic E-state index is 11.0. The van der Waals surface area contributed by atoms with Crippen molar-refractivity contribution >= 4 is 11.9 Å². The van der Waals surface area contributed by atoms with E-state index < -0.39 is 11.9 Å². The van der Waals surface area contributed by atoms with Crippen LogP contribution in [0.2, 0.25) is 0 Å². The molecule has 0 aromatic rings. The lowest BCUT2D eigenvalue weighted by Crippen LogP contribution is -2.18. The SMILES string of the molecule is CC(C)COC(=O)CC(=O)OC(C)C. The molecule has 0 aromatic carbocycles. The Bertz CT molecular complexity index is 196. The minimum atomic E-state index is -0.534. The van der Waals surface area contributed by atoms with E-state index in [2.05, 4.69) is 0 Å². The Morgan fingerprint density at radius 3 is 2.07 bits per heavy atom. The van der Waals surface area contributed by atoms with Crippen molar-refractivity contribution < 1.29 is 19.1 Å². The van der Waals surface area contributed by atoms with Crippen LogP contribution >= 0.6 is 0 Å². The van der Waals surface area contributed by atoms with Gasteiger partial charge < -0.3 is 9.47 Å². The molecule has 0 saturated carbocycles. The van der Waals surface area contributed by atoms with Crippen LogP contribution in [0.4, 0.5) is 0 Å². The first-order chi connectivity index (χ1) is 6.41. The molecule has 0 radical (unpaired) electrons. The minimum Gasteiger partial charge on any atom is -0.465 e. The summed E-state index contributed by atoms with van der Waals surface area (Å²) >= 11 is 0. The summed E-state index contributed by atoms with van der Waals surface area (Å²) in [4.78, 5) is 22.0. The predicted molar refractivity (Wildman–Crippen MR) is 51.6 cm³/mol. The fourth-order valence-electron chi connectivity index (χ4n) is 0.733. The smallest absolute Gasteiger partial charge is 0.317 e. The molecule has 4 heteroatoms. The molecule has 82 valence electrons. The Balaban J connectivity index is 3.66. The Labute approximate surface area is 84.6 Å². The van der Waals surface area contributed by atoms with Crippen molar-refractivity contribution in [3.63, 3.8) is 0 Å². The van der Waals surface area contributed by atoms with E-state index in [0.717, 1.165) is 0 Å². The van der Waals surface area contributed by atoms with Gasteiger partial charge in [0.15, 0.2) is 0 Å². The summed E-state index contributed by atoms with van der Waals surface area (Å²) in [5, 5.41) is 0. The third-order valence-corrected chi connectivity index (χ3v) is 1.23. The molecule has 0 atom stereocenters. The van der Waals surface area contributed by atoms with Crippen LogP contribution < -0.4 is 0 Å². The second-order valence-corrected chi connectivity index (χ2v) is 3.79. The molecule has 0 rings (SSSR count). The summed E-state index contributed by atoms with van der Waals surface area (Å²) in [6, 6.07) is 0. The summed E-state index contributed by atoms with van der Waals surface area (Å²) in [6.07, 6.45) is -0.495. The summed E-state index contributed by atoms with van der Waals surface area (Å²) in [5.41, 5.74) is 0. The summed E-state index contributed by atoms with van der Waals surface area (Å²) in [5.74, 6) is -0.779. The van der Waals surface area contributed by atoms with Crippen LogP contribution in [0, 0.1) is 5.92 Å². The molecule has 0 heterocycles. The highest BCUT2D eigenvalue weighted by Gasteiger charge is 2.13. The molecule has 14 heavy (non-hydrogen) atoms. The fourth-order valence-corrected chi connectivity index (χ4v) is 0.733. The lowest BCUT2D eigenvalue weighted by molar-refractivity contribution is -0.157. The van der Waals surface area contributed by atoms with Crippen molar-refractivity contribution in [3.8, 4) is 0 Å². The first-order valence-corrected chi connectivity index (χ1v) is 4.77. The maximum atomic E-state index is 11.0. The van der Waals surface area contributed by atoms with E-state index >= 15 is 0 Å². The molecule has 0 aliphatic rings. The van der Waals surface area contributed by atoms with Crippen LogP contribution in [0.1, 0.15) is 34.1 Å². The number of rotatable bonds is 5. The van der Waals surface area contributed by atoms with Crippen LogP contribution in [-0.4, -0.2) is 24.6 Å². The normalized spacial score (nSPS) is 10.4. The van der Waals surface area contributed by atoms with Gasteiger partial charge in [0.2, 0.25) is 0 Å². The first kappa shape index (κ1) is 12.9. The third-order valence-electron chi connectivity index (χ3n) is 1.23. The molecular weight excluding hydrogens is 184 g/mol. The lowest BCUT2D eigenvalue weighted by Gasteiger charge is -2.08. The van der Waals surface area contributed by atoms with E-state index in [0.29, 0.717) is 6.61 Å². The maximum Gasteiger partial charge on any atom is 0.317 e. The number of hydrogen-bond acceptors (Lipinski definition) is 4. The van der Waals surface area contributed by atoms with Crippen molar-refractivity contribution in [1.29, 1.82) is 0 Å². The molecule has 4 nitrogen and oxygen atoms in total. The summed E-state index contributed by atoms with van der Waals surface area (Å²) < 4.78 is 9.60. The number of carbonyl (C=O) groups excluding carboxylic acids is 2. The minimum absolute atomic E-state index is 0.194. The van der Waals surface area contributed by atoms with E-state index in [4.69, 9.17) is 9.47 Å². The van der Waals surface area contributed by atoms with E-state index in [1.54, 1.807) is 13.8 Å². The average molecular weight is 202 g/mol. The number of ether oxygens (including phenoxy) is 2. The Morgan fingerprint density at radius 2 is 1.64 bits per heavy atom. The highest BCUT2D eigenvalue weighted by Crippen LogP contribution is 1.98. The van der Waals surface area contributed by atoms with Gasteiger partial charge in [-0.1, -0.05) is 13.8 Å². The highest BCUT2D eigenvalue weighted by molar-refractivity contribution is 5.91. The second-order valence-electron chi connectivity index (χ2n) is 3.79. The molecule has 0 fully saturated rings. The van der Waals surface area contributed by atoms with Gasteiger partial charge in [0.05, 0.1) is 12.7 Å². The average Bonchev–Trinajstić information content (AvgIpc) is 1.98. The zero-order valence-corrected chi connectivity index (χ0v) is 9.20. The molecule has 0 aromatic heterocycles. The van der Waals surface area contributed by atoms with Gasteiger partial charge in [-0.15, -0.1) is 0 Å².